The first-order valence-electron chi connectivity index (χ1n) is 6.40. The normalized spacial score (nSPS) is 11.6. The summed E-state index contributed by atoms with van der Waals surface area (Å²) in [6, 6.07) is 4.51. The van der Waals surface area contributed by atoms with Gasteiger partial charge in [0.1, 0.15) is 6.04 Å². The summed E-state index contributed by atoms with van der Waals surface area (Å²) in [6.07, 6.45) is 0. The third kappa shape index (κ3) is 3.63. The van der Waals surface area contributed by atoms with Gasteiger partial charge in [0.05, 0.1) is 12.7 Å². The minimum absolute atomic E-state index is 0.0241. The monoisotopic (exact) mass is 279 g/mol. The van der Waals surface area contributed by atoms with Crippen LogP contribution in [-0.4, -0.2) is 43.5 Å². The van der Waals surface area contributed by atoms with Gasteiger partial charge in [0.15, 0.2) is 0 Å². The fourth-order valence-electron chi connectivity index (χ4n) is 1.73. The van der Waals surface area contributed by atoms with Crippen molar-refractivity contribution in [1.29, 1.82) is 0 Å². The van der Waals surface area contributed by atoms with Crippen LogP contribution < -0.4 is 11.1 Å². The lowest BCUT2D eigenvalue weighted by Gasteiger charge is -2.21. The van der Waals surface area contributed by atoms with E-state index in [1.54, 1.807) is 37.1 Å². The molecular weight excluding hydrogens is 258 g/mol. The summed E-state index contributed by atoms with van der Waals surface area (Å²) in [5, 5.41) is 3.05. The van der Waals surface area contributed by atoms with Crippen LogP contribution in [0.2, 0.25) is 0 Å². The number of hydrogen-bond acceptors (Lipinski definition) is 5. The molecule has 20 heavy (non-hydrogen) atoms. The summed E-state index contributed by atoms with van der Waals surface area (Å²) in [4.78, 5) is 25.1. The molecule has 6 nitrogen and oxygen atoms in total. The molecule has 0 spiro atoms. The van der Waals surface area contributed by atoms with E-state index in [-0.39, 0.29) is 11.5 Å². The number of nitrogens with two attached hydrogens (primary N) is 1. The molecule has 0 aliphatic carbocycles. The number of nitrogens with one attached hydrogen (secondary N) is 1. The van der Waals surface area contributed by atoms with Gasteiger partial charge in [-0.3, -0.25) is 4.79 Å². The smallest absolute Gasteiger partial charge is 0.340 e. The number of carbonyl (C=O) groups excluding carboxylic acids is 2. The van der Waals surface area contributed by atoms with Crippen LogP contribution in [0.5, 0.6) is 0 Å². The summed E-state index contributed by atoms with van der Waals surface area (Å²) < 4.78 is 4.66. The number of nitrogens with zero attached hydrogens (tertiary/aromatic N) is 1. The summed E-state index contributed by atoms with van der Waals surface area (Å²) in [5.74, 6) is -0.528. The fraction of sp³-hybridized carbons (Fsp3) is 0.429. The highest BCUT2D eigenvalue weighted by Gasteiger charge is 2.17. The Bertz CT molecular complexity index is 502. The summed E-state index contributed by atoms with van der Waals surface area (Å²) >= 11 is 0. The van der Waals surface area contributed by atoms with Gasteiger partial charge in [-0.1, -0.05) is 0 Å². The molecule has 1 atom stereocenters. The number of nitrogen functional groups attached to an aromatic ring is 1. The van der Waals surface area contributed by atoms with Crippen LogP contribution in [0, 0.1) is 0 Å². The van der Waals surface area contributed by atoms with Crippen molar-refractivity contribution in [2.24, 2.45) is 0 Å². The van der Waals surface area contributed by atoms with E-state index in [9.17, 15) is 9.59 Å². The van der Waals surface area contributed by atoms with Crippen molar-refractivity contribution in [3.05, 3.63) is 23.8 Å². The number of ether oxygens (including phenoxy) is 1. The molecule has 1 rings (SSSR count). The summed E-state index contributed by atoms with van der Waals surface area (Å²) in [6.45, 7) is 4.31. The van der Waals surface area contributed by atoms with Crippen LogP contribution in [0.25, 0.3) is 0 Å². The van der Waals surface area contributed by atoms with Crippen LogP contribution in [0.3, 0.4) is 0 Å². The summed E-state index contributed by atoms with van der Waals surface area (Å²) in [5.41, 5.74) is 6.98. The lowest BCUT2D eigenvalue weighted by atomic mass is 10.1. The van der Waals surface area contributed by atoms with Crippen molar-refractivity contribution >= 4 is 23.3 Å². The van der Waals surface area contributed by atoms with E-state index in [1.165, 1.54) is 7.11 Å². The number of rotatable bonds is 5. The lowest BCUT2D eigenvalue weighted by molar-refractivity contribution is -0.130. The molecule has 0 fully saturated rings. The zero-order valence-corrected chi connectivity index (χ0v) is 12.3. The largest absolute Gasteiger partial charge is 0.465 e. The molecule has 110 valence electrons. The first-order valence-corrected chi connectivity index (χ1v) is 6.40. The Morgan fingerprint density at radius 3 is 2.65 bits per heavy atom. The molecule has 0 radical (unpaired) electrons. The van der Waals surface area contributed by atoms with Crippen molar-refractivity contribution in [2.45, 2.75) is 19.9 Å². The Balaban J connectivity index is 2.88. The highest BCUT2D eigenvalue weighted by molar-refractivity contribution is 5.96. The molecular formula is C14H21N3O3. The Labute approximate surface area is 118 Å². The van der Waals surface area contributed by atoms with Crippen molar-refractivity contribution in [2.75, 3.05) is 31.8 Å². The first-order chi connectivity index (χ1) is 9.40. The van der Waals surface area contributed by atoms with Gasteiger partial charge in [0.25, 0.3) is 0 Å². The van der Waals surface area contributed by atoms with E-state index in [4.69, 9.17) is 5.73 Å². The highest BCUT2D eigenvalue weighted by Crippen LogP contribution is 2.19. The number of anilines is 2. The zero-order chi connectivity index (χ0) is 15.3. The topological polar surface area (TPSA) is 84.7 Å². The van der Waals surface area contributed by atoms with E-state index >= 15 is 0 Å². The van der Waals surface area contributed by atoms with E-state index < -0.39 is 12.0 Å². The zero-order valence-electron chi connectivity index (χ0n) is 12.3. The molecule has 1 aromatic carbocycles. The van der Waals surface area contributed by atoms with Crippen molar-refractivity contribution in [3.63, 3.8) is 0 Å². The standard InChI is InChI=1S/C14H21N3O3/c1-5-17(3)13(18)9(2)16-10-6-7-12(15)11(8-10)14(19)20-4/h6-9,16H,5,15H2,1-4H3. The molecule has 0 bridgehead atoms. The number of likely N-dealkylation sites (N-methyl/N-ethyl adjacent to an activating group) is 1. The van der Waals surface area contributed by atoms with Gasteiger partial charge in [-0.05, 0) is 32.0 Å². The first kappa shape index (κ1) is 15.8. The molecule has 1 aromatic rings. The maximum Gasteiger partial charge on any atom is 0.340 e. The molecule has 3 N–H and O–H groups in total. The number of hydrogen-bond donors (Lipinski definition) is 2. The molecule has 0 aromatic heterocycles. The van der Waals surface area contributed by atoms with Crippen LogP contribution in [0.15, 0.2) is 18.2 Å². The Morgan fingerprint density at radius 2 is 2.10 bits per heavy atom. The van der Waals surface area contributed by atoms with E-state index in [0.717, 1.165) is 0 Å². The molecule has 1 amide bonds. The fourth-order valence-corrected chi connectivity index (χ4v) is 1.73. The second-order valence-electron chi connectivity index (χ2n) is 4.51. The Morgan fingerprint density at radius 1 is 1.45 bits per heavy atom. The molecule has 0 aliphatic heterocycles. The molecule has 1 unspecified atom stereocenters. The second-order valence-corrected chi connectivity index (χ2v) is 4.51. The number of benzene rings is 1. The van der Waals surface area contributed by atoms with Crippen molar-refractivity contribution < 1.29 is 14.3 Å². The molecule has 0 aliphatic rings. The predicted molar refractivity (Wildman–Crippen MR) is 78.6 cm³/mol. The van der Waals surface area contributed by atoms with Crippen molar-refractivity contribution in [1.82, 2.24) is 4.90 Å². The minimum atomic E-state index is -0.504. The average molecular weight is 279 g/mol. The van der Waals surface area contributed by atoms with E-state index in [0.29, 0.717) is 17.9 Å². The van der Waals surface area contributed by atoms with Crippen LogP contribution >= 0.6 is 0 Å². The molecule has 6 heteroatoms. The number of amides is 1. The number of esters is 1. The SMILES string of the molecule is CCN(C)C(=O)C(C)Nc1ccc(N)c(C(=O)OC)c1. The average Bonchev–Trinajstić information content (AvgIpc) is 2.46. The van der Waals surface area contributed by atoms with Crippen LogP contribution in [0.1, 0.15) is 24.2 Å². The Hall–Kier alpha value is -2.24. The third-order valence-electron chi connectivity index (χ3n) is 3.06. The third-order valence-corrected chi connectivity index (χ3v) is 3.06. The lowest BCUT2D eigenvalue weighted by Crippen LogP contribution is -2.38. The van der Waals surface area contributed by atoms with Gasteiger partial charge in [0.2, 0.25) is 5.91 Å². The molecule has 0 saturated heterocycles. The summed E-state index contributed by atoms with van der Waals surface area (Å²) in [7, 11) is 3.04. The highest BCUT2D eigenvalue weighted by atomic mass is 16.5. The maximum absolute atomic E-state index is 12.0. The number of carbonyl (C=O) groups is 2. The van der Waals surface area contributed by atoms with E-state index in [2.05, 4.69) is 10.1 Å². The van der Waals surface area contributed by atoms with Gasteiger partial charge in [-0.25, -0.2) is 4.79 Å². The minimum Gasteiger partial charge on any atom is -0.465 e. The van der Waals surface area contributed by atoms with Crippen LogP contribution in [0.4, 0.5) is 11.4 Å². The molecule has 0 heterocycles. The Kier molecular flexibility index (Phi) is 5.37. The van der Waals surface area contributed by atoms with Gasteiger partial charge in [-0.2, -0.15) is 0 Å². The second kappa shape index (κ2) is 6.79. The van der Waals surface area contributed by atoms with Crippen LogP contribution in [-0.2, 0) is 9.53 Å². The number of methoxy groups -OCH3 is 1. The van der Waals surface area contributed by atoms with Gasteiger partial charge in [-0.15, -0.1) is 0 Å². The van der Waals surface area contributed by atoms with E-state index in [1.807, 2.05) is 6.92 Å². The maximum atomic E-state index is 12.0. The van der Waals surface area contributed by atoms with Gasteiger partial charge in [0, 0.05) is 25.0 Å². The van der Waals surface area contributed by atoms with Gasteiger partial charge < -0.3 is 20.7 Å². The van der Waals surface area contributed by atoms with Gasteiger partial charge >= 0.3 is 5.97 Å². The molecule has 0 saturated carbocycles. The van der Waals surface area contributed by atoms with Crippen molar-refractivity contribution in [3.8, 4) is 0 Å². The quantitative estimate of drug-likeness (QED) is 0.627. The predicted octanol–water partition coefficient (Wildman–Crippen LogP) is 1.33.